The van der Waals surface area contributed by atoms with E-state index in [1.165, 1.54) is 12.1 Å². The third kappa shape index (κ3) is 4.96. The average molecular weight is 387 g/mol. The summed E-state index contributed by atoms with van der Waals surface area (Å²) in [5, 5.41) is 0. The van der Waals surface area contributed by atoms with Crippen LogP contribution in [0.15, 0.2) is 42.6 Å². The predicted molar refractivity (Wildman–Crippen MR) is 96.7 cm³/mol. The van der Waals surface area contributed by atoms with Crippen LogP contribution in [0, 0.1) is 11.8 Å². The summed E-state index contributed by atoms with van der Waals surface area (Å²) in [6.45, 7) is 0.861. The summed E-state index contributed by atoms with van der Waals surface area (Å²) in [6, 6.07) is 8.24. The molecule has 0 aliphatic carbocycles. The number of pyridine rings is 1. The number of nitrogens with zero attached hydrogens (tertiary/aromatic N) is 3. The Kier molecular flexibility index (Phi) is 6.06. The van der Waals surface area contributed by atoms with Crippen molar-refractivity contribution >= 4 is 11.2 Å². The van der Waals surface area contributed by atoms with Gasteiger partial charge in [0.15, 0.2) is 11.3 Å². The highest BCUT2D eigenvalue weighted by Gasteiger charge is 2.30. The summed E-state index contributed by atoms with van der Waals surface area (Å²) in [6.07, 6.45) is -2.22. The summed E-state index contributed by atoms with van der Waals surface area (Å²) in [7, 11) is 1.59. The fourth-order valence-corrected chi connectivity index (χ4v) is 2.34. The zero-order chi connectivity index (χ0) is 20.0. The number of rotatable bonds is 5. The Morgan fingerprint density at radius 3 is 2.68 bits per heavy atom. The fourth-order valence-electron chi connectivity index (χ4n) is 2.34. The standard InChI is InChI=1S/C20H16F3N3O2/c1-27-11-4-12-28-19-17(25-18-16(26-19)7-3-10-24-18)9-8-14-5-2-6-15(13-14)20(21,22)23/h2-3,5-7,10,13H,4,11-12H2,1H3. The van der Waals surface area contributed by atoms with E-state index < -0.39 is 11.7 Å². The number of hydrogen-bond acceptors (Lipinski definition) is 5. The van der Waals surface area contributed by atoms with Crippen molar-refractivity contribution in [3.8, 4) is 17.7 Å². The first-order valence-corrected chi connectivity index (χ1v) is 8.41. The number of ether oxygens (including phenoxy) is 2. The van der Waals surface area contributed by atoms with E-state index in [1.807, 2.05) is 0 Å². The van der Waals surface area contributed by atoms with Crippen molar-refractivity contribution in [1.82, 2.24) is 15.0 Å². The molecule has 0 N–H and O–H groups in total. The Bertz CT molecular complexity index is 1030. The molecule has 0 aliphatic heterocycles. The van der Waals surface area contributed by atoms with Crippen LogP contribution >= 0.6 is 0 Å². The van der Waals surface area contributed by atoms with Crippen LogP contribution in [-0.4, -0.2) is 35.3 Å². The molecule has 8 heteroatoms. The Balaban J connectivity index is 1.94. The van der Waals surface area contributed by atoms with Gasteiger partial charge in [-0.1, -0.05) is 12.0 Å². The van der Waals surface area contributed by atoms with Gasteiger partial charge in [-0.25, -0.2) is 15.0 Å². The minimum atomic E-state index is -4.43. The summed E-state index contributed by atoms with van der Waals surface area (Å²) < 4.78 is 49.2. The maximum absolute atomic E-state index is 12.9. The first-order valence-electron chi connectivity index (χ1n) is 8.41. The van der Waals surface area contributed by atoms with Crippen molar-refractivity contribution in [3.05, 3.63) is 59.4 Å². The molecule has 3 rings (SSSR count). The molecule has 0 saturated carbocycles. The van der Waals surface area contributed by atoms with Gasteiger partial charge < -0.3 is 9.47 Å². The zero-order valence-corrected chi connectivity index (χ0v) is 15.0. The lowest BCUT2D eigenvalue weighted by atomic mass is 10.1. The van der Waals surface area contributed by atoms with Gasteiger partial charge in [0, 0.05) is 31.9 Å². The molecule has 0 amide bonds. The van der Waals surface area contributed by atoms with Crippen molar-refractivity contribution in [2.75, 3.05) is 20.3 Å². The minimum absolute atomic E-state index is 0.205. The second-order valence-electron chi connectivity index (χ2n) is 5.75. The zero-order valence-electron chi connectivity index (χ0n) is 15.0. The Hall–Kier alpha value is -3.18. The lowest BCUT2D eigenvalue weighted by molar-refractivity contribution is -0.137. The van der Waals surface area contributed by atoms with Gasteiger partial charge in [0.2, 0.25) is 5.88 Å². The molecule has 3 aromatic rings. The Morgan fingerprint density at radius 2 is 1.89 bits per heavy atom. The SMILES string of the molecule is COCCCOc1nc2cccnc2nc1C#Cc1cccc(C(F)(F)F)c1. The minimum Gasteiger partial charge on any atom is -0.476 e. The van der Waals surface area contributed by atoms with Crippen molar-refractivity contribution in [1.29, 1.82) is 0 Å². The Labute approximate surface area is 159 Å². The normalized spacial score (nSPS) is 11.1. The molecule has 0 fully saturated rings. The number of alkyl halides is 3. The van der Waals surface area contributed by atoms with Crippen molar-refractivity contribution in [3.63, 3.8) is 0 Å². The smallest absolute Gasteiger partial charge is 0.416 e. The van der Waals surface area contributed by atoms with E-state index in [1.54, 1.807) is 25.4 Å². The second-order valence-corrected chi connectivity index (χ2v) is 5.75. The summed E-state index contributed by atoms with van der Waals surface area (Å²) in [5.41, 5.74) is 0.569. The highest BCUT2D eigenvalue weighted by molar-refractivity contribution is 5.71. The summed E-state index contributed by atoms with van der Waals surface area (Å²) in [5.74, 6) is 5.65. The van der Waals surface area contributed by atoms with E-state index in [4.69, 9.17) is 9.47 Å². The van der Waals surface area contributed by atoms with Crippen LogP contribution in [0.25, 0.3) is 11.2 Å². The predicted octanol–water partition coefficient (Wildman–Crippen LogP) is 3.86. The van der Waals surface area contributed by atoms with Gasteiger partial charge in [0.05, 0.1) is 12.2 Å². The number of methoxy groups -OCH3 is 1. The highest BCUT2D eigenvalue weighted by atomic mass is 19.4. The maximum atomic E-state index is 12.9. The van der Waals surface area contributed by atoms with Crippen molar-refractivity contribution in [2.45, 2.75) is 12.6 Å². The molecule has 0 saturated heterocycles. The van der Waals surface area contributed by atoms with E-state index >= 15 is 0 Å². The maximum Gasteiger partial charge on any atom is 0.416 e. The molecule has 144 valence electrons. The topological polar surface area (TPSA) is 57.1 Å². The van der Waals surface area contributed by atoms with E-state index in [2.05, 4.69) is 26.8 Å². The first-order chi connectivity index (χ1) is 13.5. The fraction of sp³-hybridized carbons (Fsp3) is 0.250. The first kappa shape index (κ1) is 19.6. The van der Waals surface area contributed by atoms with Gasteiger partial charge in [0.1, 0.15) is 5.52 Å². The van der Waals surface area contributed by atoms with Crippen LogP contribution < -0.4 is 4.74 Å². The van der Waals surface area contributed by atoms with E-state index in [0.29, 0.717) is 30.8 Å². The van der Waals surface area contributed by atoms with Crippen LogP contribution in [0.5, 0.6) is 5.88 Å². The van der Waals surface area contributed by atoms with Gasteiger partial charge in [0.25, 0.3) is 0 Å². The van der Waals surface area contributed by atoms with E-state index in [9.17, 15) is 13.2 Å². The van der Waals surface area contributed by atoms with Gasteiger partial charge in [-0.2, -0.15) is 13.2 Å². The molecule has 2 heterocycles. The highest BCUT2D eigenvalue weighted by Crippen LogP contribution is 2.29. The van der Waals surface area contributed by atoms with Gasteiger partial charge in [-0.3, -0.25) is 0 Å². The lowest BCUT2D eigenvalue weighted by Crippen LogP contribution is -2.06. The number of benzene rings is 1. The molecule has 0 bridgehead atoms. The van der Waals surface area contributed by atoms with Crippen LogP contribution in [0.1, 0.15) is 23.2 Å². The van der Waals surface area contributed by atoms with Crippen LogP contribution in [0.3, 0.4) is 0 Å². The van der Waals surface area contributed by atoms with Crippen molar-refractivity contribution < 1.29 is 22.6 Å². The molecule has 0 radical (unpaired) electrons. The molecule has 5 nitrogen and oxygen atoms in total. The van der Waals surface area contributed by atoms with Gasteiger partial charge in [-0.05, 0) is 36.3 Å². The third-order valence-electron chi connectivity index (χ3n) is 3.66. The van der Waals surface area contributed by atoms with Crippen LogP contribution in [-0.2, 0) is 10.9 Å². The average Bonchev–Trinajstić information content (AvgIpc) is 2.69. The largest absolute Gasteiger partial charge is 0.476 e. The van der Waals surface area contributed by atoms with Crippen LogP contribution in [0.2, 0.25) is 0 Å². The van der Waals surface area contributed by atoms with Gasteiger partial charge >= 0.3 is 6.18 Å². The second kappa shape index (κ2) is 8.67. The lowest BCUT2D eigenvalue weighted by Gasteiger charge is -2.07. The van der Waals surface area contributed by atoms with Crippen molar-refractivity contribution in [2.24, 2.45) is 0 Å². The molecule has 1 aromatic carbocycles. The summed E-state index contributed by atoms with van der Waals surface area (Å²) in [4.78, 5) is 12.8. The van der Waals surface area contributed by atoms with E-state index in [-0.39, 0.29) is 17.1 Å². The number of fused-ring (bicyclic) bond motifs is 1. The molecule has 0 atom stereocenters. The quantitative estimate of drug-likeness (QED) is 0.492. The van der Waals surface area contributed by atoms with Crippen LogP contribution in [0.4, 0.5) is 13.2 Å². The molecular weight excluding hydrogens is 371 g/mol. The third-order valence-corrected chi connectivity index (χ3v) is 3.66. The monoisotopic (exact) mass is 387 g/mol. The van der Waals surface area contributed by atoms with Gasteiger partial charge in [-0.15, -0.1) is 0 Å². The number of aromatic nitrogens is 3. The molecule has 2 aromatic heterocycles. The Morgan fingerprint density at radius 1 is 1.04 bits per heavy atom. The number of halogens is 3. The summed E-state index contributed by atoms with van der Waals surface area (Å²) >= 11 is 0. The molecule has 0 aliphatic rings. The molecular formula is C20H16F3N3O2. The molecule has 0 unspecified atom stereocenters. The number of hydrogen-bond donors (Lipinski definition) is 0. The molecule has 0 spiro atoms. The molecule has 28 heavy (non-hydrogen) atoms. The van der Waals surface area contributed by atoms with E-state index in [0.717, 1.165) is 12.1 Å².